The summed E-state index contributed by atoms with van der Waals surface area (Å²) in [5.41, 5.74) is 5.08. The summed E-state index contributed by atoms with van der Waals surface area (Å²) in [4.78, 5) is 9.48. The number of hydrogen-bond acceptors (Lipinski definition) is 3. The molecule has 0 aliphatic heterocycles. The Balaban J connectivity index is 2.90. The lowest BCUT2D eigenvalue weighted by Crippen LogP contribution is -1.94. The number of rotatable bonds is 4. The molecule has 0 saturated heterocycles. The van der Waals surface area contributed by atoms with Gasteiger partial charge in [-0.05, 0) is 6.08 Å². The Labute approximate surface area is 48.1 Å². The van der Waals surface area contributed by atoms with E-state index in [9.17, 15) is 4.79 Å². The Morgan fingerprint density at radius 2 is 2.25 bits per heavy atom. The van der Waals surface area contributed by atoms with Gasteiger partial charge in [-0.1, -0.05) is 6.08 Å². The minimum atomic E-state index is 0.320. The van der Waals surface area contributed by atoms with E-state index in [0.717, 1.165) is 0 Å². The molecule has 0 aromatic carbocycles. The second-order valence-electron chi connectivity index (χ2n) is 1.14. The molecule has 0 aliphatic rings. The highest BCUT2D eigenvalue weighted by molar-refractivity contribution is 5.37. The van der Waals surface area contributed by atoms with Gasteiger partial charge in [-0.25, -0.2) is 0 Å². The molecule has 0 saturated carbocycles. The molecule has 0 bridgehead atoms. The van der Waals surface area contributed by atoms with Crippen LogP contribution in [0, 0.1) is 0 Å². The van der Waals surface area contributed by atoms with E-state index in [1.807, 2.05) is 0 Å². The van der Waals surface area contributed by atoms with Crippen molar-refractivity contribution in [2.45, 2.75) is 0 Å². The first kappa shape index (κ1) is 7.17. The maximum absolute atomic E-state index is 9.48. The average Bonchev–Trinajstić information content (AvgIpc) is 1.81. The quantitative estimate of drug-likeness (QED) is 0.310. The van der Waals surface area contributed by atoms with Crippen LogP contribution in [0.1, 0.15) is 0 Å². The molecule has 0 spiro atoms. The molecule has 0 amide bonds. The Morgan fingerprint density at radius 1 is 1.50 bits per heavy atom. The molecule has 3 nitrogen and oxygen atoms in total. The van der Waals surface area contributed by atoms with E-state index in [1.54, 1.807) is 12.2 Å². The minimum absolute atomic E-state index is 0.320. The number of carbonyl (C=O) groups excluding carboxylic acids is 1. The molecule has 0 rings (SSSR count). The van der Waals surface area contributed by atoms with E-state index in [-0.39, 0.29) is 0 Å². The molecule has 0 aromatic heterocycles. The Hall–Kier alpha value is -0.830. The summed E-state index contributed by atoms with van der Waals surface area (Å²) < 4.78 is 4.31. The molecule has 46 valence electrons. The molecule has 0 atom stereocenters. The van der Waals surface area contributed by atoms with Crippen LogP contribution in [0.4, 0.5) is 0 Å². The van der Waals surface area contributed by atoms with Gasteiger partial charge in [0.15, 0.2) is 0 Å². The van der Waals surface area contributed by atoms with Crippen molar-refractivity contribution in [3.63, 3.8) is 0 Å². The Morgan fingerprint density at radius 3 is 2.75 bits per heavy atom. The van der Waals surface area contributed by atoms with Crippen LogP contribution in [0.25, 0.3) is 0 Å². The van der Waals surface area contributed by atoms with E-state index < -0.39 is 0 Å². The fourth-order valence-corrected chi connectivity index (χ4v) is 0.259. The second kappa shape index (κ2) is 6.17. The monoisotopic (exact) mass is 115 g/mol. The highest BCUT2D eigenvalue weighted by Crippen LogP contribution is 1.69. The fraction of sp³-hybridized carbons (Fsp3) is 0.400. The van der Waals surface area contributed by atoms with Crippen LogP contribution >= 0.6 is 0 Å². The average molecular weight is 115 g/mol. The first-order chi connectivity index (χ1) is 3.91. The highest BCUT2D eigenvalue weighted by Gasteiger charge is 1.71. The van der Waals surface area contributed by atoms with Crippen molar-refractivity contribution in [1.29, 1.82) is 0 Å². The van der Waals surface area contributed by atoms with Gasteiger partial charge in [0.25, 0.3) is 6.47 Å². The molecule has 0 unspecified atom stereocenters. The zero-order valence-electron chi connectivity index (χ0n) is 4.54. The minimum Gasteiger partial charge on any atom is -0.464 e. The standard InChI is InChI=1S/C5H9NO2/c6-3-1-2-4-8-5-7/h1-2,5H,3-4,6H2/b2-1+. The molecule has 8 heavy (non-hydrogen) atoms. The lowest BCUT2D eigenvalue weighted by molar-refractivity contribution is -0.127. The van der Waals surface area contributed by atoms with Gasteiger partial charge in [0.05, 0.1) is 0 Å². The molecule has 0 aliphatic carbocycles. The highest BCUT2D eigenvalue weighted by atomic mass is 16.5. The zero-order valence-corrected chi connectivity index (χ0v) is 4.54. The molecular formula is C5H9NO2. The van der Waals surface area contributed by atoms with Crippen LogP contribution in [0.15, 0.2) is 12.2 Å². The van der Waals surface area contributed by atoms with E-state index in [0.29, 0.717) is 19.6 Å². The lowest BCUT2D eigenvalue weighted by Gasteiger charge is -1.85. The van der Waals surface area contributed by atoms with Crippen LogP contribution in [-0.4, -0.2) is 19.6 Å². The second-order valence-corrected chi connectivity index (χ2v) is 1.14. The van der Waals surface area contributed by atoms with Gasteiger partial charge in [-0.15, -0.1) is 0 Å². The van der Waals surface area contributed by atoms with Crippen molar-refractivity contribution in [3.8, 4) is 0 Å². The van der Waals surface area contributed by atoms with Crippen molar-refractivity contribution in [2.75, 3.05) is 13.2 Å². The fourth-order valence-electron chi connectivity index (χ4n) is 0.259. The number of ether oxygens (including phenoxy) is 1. The van der Waals surface area contributed by atoms with E-state index in [2.05, 4.69) is 4.74 Å². The Kier molecular flexibility index (Phi) is 5.53. The largest absolute Gasteiger partial charge is 0.464 e. The van der Waals surface area contributed by atoms with Gasteiger partial charge < -0.3 is 10.5 Å². The summed E-state index contributed by atoms with van der Waals surface area (Å²) >= 11 is 0. The predicted molar refractivity (Wildman–Crippen MR) is 30.2 cm³/mol. The van der Waals surface area contributed by atoms with Gasteiger partial charge in [-0.3, -0.25) is 4.79 Å². The maximum Gasteiger partial charge on any atom is 0.293 e. The summed E-state index contributed by atoms with van der Waals surface area (Å²) in [6.07, 6.45) is 3.41. The summed E-state index contributed by atoms with van der Waals surface area (Å²) in [7, 11) is 0. The van der Waals surface area contributed by atoms with Crippen molar-refractivity contribution in [2.24, 2.45) is 5.73 Å². The maximum atomic E-state index is 9.48. The first-order valence-electron chi connectivity index (χ1n) is 2.32. The van der Waals surface area contributed by atoms with Gasteiger partial charge in [-0.2, -0.15) is 0 Å². The third-order valence-electron chi connectivity index (χ3n) is 0.563. The van der Waals surface area contributed by atoms with Crippen molar-refractivity contribution >= 4 is 6.47 Å². The third kappa shape index (κ3) is 5.17. The summed E-state index contributed by atoms with van der Waals surface area (Å²) in [6.45, 7) is 1.21. The molecular weight excluding hydrogens is 106 g/mol. The molecule has 0 aromatic rings. The van der Waals surface area contributed by atoms with Crippen LogP contribution < -0.4 is 5.73 Å². The molecule has 3 heteroatoms. The van der Waals surface area contributed by atoms with E-state index in [1.165, 1.54) is 0 Å². The van der Waals surface area contributed by atoms with Crippen molar-refractivity contribution in [3.05, 3.63) is 12.2 Å². The van der Waals surface area contributed by atoms with Crippen LogP contribution in [0.2, 0.25) is 0 Å². The van der Waals surface area contributed by atoms with Crippen LogP contribution in [-0.2, 0) is 9.53 Å². The van der Waals surface area contributed by atoms with Gasteiger partial charge in [0.2, 0.25) is 0 Å². The van der Waals surface area contributed by atoms with Crippen LogP contribution in [0.3, 0.4) is 0 Å². The smallest absolute Gasteiger partial charge is 0.293 e. The molecule has 0 heterocycles. The van der Waals surface area contributed by atoms with Gasteiger partial charge in [0, 0.05) is 6.54 Å². The number of hydrogen-bond donors (Lipinski definition) is 1. The third-order valence-corrected chi connectivity index (χ3v) is 0.563. The van der Waals surface area contributed by atoms with E-state index in [4.69, 9.17) is 5.73 Å². The summed E-state index contributed by atoms with van der Waals surface area (Å²) in [5.74, 6) is 0. The number of carbonyl (C=O) groups is 1. The number of nitrogens with two attached hydrogens (primary N) is 1. The SMILES string of the molecule is NC/C=C/COC=O. The zero-order chi connectivity index (χ0) is 6.24. The molecule has 0 fully saturated rings. The topological polar surface area (TPSA) is 52.3 Å². The van der Waals surface area contributed by atoms with E-state index >= 15 is 0 Å². The van der Waals surface area contributed by atoms with Crippen molar-refractivity contribution < 1.29 is 9.53 Å². The van der Waals surface area contributed by atoms with Gasteiger partial charge in [0.1, 0.15) is 6.61 Å². The van der Waals surface area contributed by atoms with Crippen LogP contribution in [0.5, 0.6) is 0 Å². The normalized spacial score (nSPS) is 9.62. The molecule has 2 N–H and O–H groups in total. The van der Waals surface area contributed by atoms with Gasteiger partial charge >= 0.3 is 0 Å². The first-order valence-corrected chi connectivity index (χ1v) is 2.32. The predicted octanol–water partition coefficient (Wildman–Crippen LogP) is -0.326. The summed E-state index contributed by atoms with van der Waals surface area (Å²) in [5, 5.41) is 0. The van der Waals surface area contributed by atoms with Crippen molar-refractivity contribution in [1.82, 2.24) is 0 Å². The molecule has 0 radical (unpaired) electrons. The Bertz CT molecular complexity index is 80.5. The lowest BCUT2D eigenvalue weighted by atomic mass is 10.5. The summed E-state index contributed by atoms with van der Waals surface area (Å²) in [6, 6.07) is 0.